The van der Waals surface area contributed by atoms with Crippen LogP contribution in [0.15, 0.2) is 16.9 Å². The molecule has 0 spiro atoms. The number of unbranched alkanes of at least 4 members (excludes halogenated alkanes) is 1. The number of hydrogen-bond donors (Lipinski definition) is 2. The summed E-state index contributed by atoms with van der Waals surface area (Å²) >= 11 is 5.14. The van der Waals surface area contributed by atoms with Gasteiger partial charge < -0.3 is 14.7 Å². The highest BCUT2D eigenvalue weighted by molar-refractivity contribution is 7.71. The Labute approximate surface area is 162 Å². The van der Waals surface area contributed by atoms with Crippen LogP contribution in [0.1, 0.15) is 51.1 Å². The molecule has 27 heavy (non-hydrogen) atoms. The second-order valence-corrected chi connectivity index (χ2v) is 7.08. The zero-order valence-corrected chi connectivity index (χ0v) is 16.9. The van der Waals surface area contributed by atoms with Gasteiger partial charge in [-0.1, -0.05) is 38.9 Å². The van der Waals surface area contributed by atoms with Crippen LogP contribution in [0.5, 0.6) is 5.88 Å². The first-order valence-corrected chi connectivity index (χ1v) is 9.65. The Hall–Kier alpha value is -2.48. The van der Waals surface area contributed by atoms with Gasteiger partial charge in [0.15, 0.2) is 5.65 Å². The molecular weight excluding hydrogens is 362 g/mol. The number of nitrogens with one attached hydrogen (secondary N) is 2. The second kappa shape index (κ2) is 8.04. The van der Waals surface area contributed by atoms with E-state index in [2.05, 4.69) is 33.9 Å². The first-order valence-electron chi connectivity index (χ1n) is 9.24. The van der Waals surface area contributed by atoms with Gasteiger partial charge in [-0.25, -0.2) is 9.67 Å². The number of nitrogens with zero attached hydrogens (tertiary/aromatic N) is 3. The third kappa shape index (κ3) is 3.66. The van der Waals surface area contributed by atoms with Gasteiger partial charge in [-0.15, -0.1) is 0 Å². The van der Waals surface area contributed by atoms with Gasteiger partial charge in [0.05, 0.1) is 18.4 Å². The molecule has 0 amide bonds. The molecule has 3 rings (SSSR count). The monoisotopic (exact) mass is 387 g/mol. The number of aromatic nitrogens is 5. The van der Waals surface area contributed by atoms with E-state index in [1.54, 1.807) is 23.9 Å². The van der Waals surface area contributed by atoms with Crippen molar-refractivity contribution in [1.29, 1.82) is 0 Å². The molecular formula is C19H25N5O2S. The normalized spacial score (nSPS) is 12.4. The molecule has 0 aromatic carbocycles. The van der Waals surface area contributed by atoms with Crippen molar-refractivity contribution in [3.8, 4) is 17.3 Å². The van der Waals surface area contributed by atoms with E-state index in [1.807, 2.05) is 7.05 Å². The van der Waals surface area contributed by atoms with E-state index in [0.29, 0.717) is 32.9 Å². The maximum Gasteiger partial charge on any atom is 0.262 e. The van der Waals surface area contributed by atoms with Crippen LogP contribution in [-0.2, 0) is 7.05 Å². The van der Waals surface area contributed by atoms with Crippen LogP contribution in [0, 0.1) is 4.64 Å². The smallest absolute Gasteiger partial charge is 0.262 e. The van der Waals surface area contributed by atoms with Gasteiger partial charge in [0.25, 0.3) is 5.56 Å². The lowest BCUT2D eigenvalue weighted by molar-refractivity contribution is 0.399. The molecule has 0 aliphatic rings. The third-order valence-electron chi connectivity index (χ3n) is 4.85. The number of rotatable bonds is 7. The second-order valence-electron chi connectivity index (χ2n) is 6.64. The molecule has 0 saturated heterocycles. The van der Waals surface area contributed by atoms with Crippen LogP contribution < -0.4 is 10.3 Å². The number of pyridine rings is 1. The molecule has 0 aliphatic carbocycles. The summed E-state index contributed by atoms with van der Waals surface area (Å²) in [6.07, 6.45) is 4.19. The number of aryl methyl sites for hydroxylation is 1. The first kappa shape index (κ1) is 19.3. The Bertz CT molecular complexity index is 1070. The molecule has 0 saturated carbocycles. The Morgan fingerprint density at radius 2 is 2.07 bits per heavy atom. The van der Waals surface area contributed by atoms with Gasteiger partial charge in [0, 0.05) is 13.0 Å². The highest BCUT2D eigenvalue weighted by Crippen LogP contribution is 2.30. The Kier molecular flexibility index (Phi) is 5.74. The van der Waals surface area contributed by atoms with Gasteiger partial charge in [0.2, 0.25) is 5.88 Å². The van der Waals surface area contributed by atoms with E-state index in [1.165, 1.54) is 0 Å². The third-order valence-corrected chi connectivity index (χ3v) is 5.09. The fourth-order valence-corrected chi connectivity index (χ4v) is 3.55. The van der Waals surface area contributed by atoms with Crippen molar-refractivity contribution < 1.29 is 4.74 Å². The molecule has 3 aromatic heterocycles. The number of fused-ring (bicyclic) bond motifs is 1. The van der Waals surface area contributed by atoms with Gasteiger partial charge in [-0.2, -0.15) is 5.10 Å². The Morgan fingerprint density at radius 3 is 2.74 bits per heavy atom. The van der Waals surface area contributed by atoms with Gasteiger partial charge in [0.1, 0.15) is 15.9 Å². The zero-order valence-electron chi connectivity index (χ0n) is 16.1. The molecule has 0 fully saturated rings. The lowest BCUT2D eigenvalue weighted by atomic mass is 9.94. The van der Waals surface area contributed by atoms with Crippen LogP contribution in [0.3, 0.4) is 0 Å². The molecule has 1 unspecified atom stereocenters. The maximum atomic E-state index is 12.9. The van der Waals surface area contributed by atoms with E-state index < -0.39 is 0 Å². The van der Waals surface area contributed by atoms with E-state index in [9.17, 15) is 4.79 Å². The summed E-state index contributed by atoms with van der Waals surface area (Å²) in [7, 11) is 3.37. The topological polar surface area (TPSA) is 88.6 Å². The van der Waals surface area contributed by atoms with Gasteiger partial charge in [-0.3, -0.25) is 4.79 Å². The number of H-pyrrole nitrogens is 2. The maximum absolute atomic E-state index is 12.9. The molecule has 0 radical (unpaired) electrons. The van der Waals surface area contributed by atoms with Crippen LogP contribution in [0.25, 0.3) is 22.4 Å². The SMILES string of the molecule is CCCCC(CC)c1nn(C)c2nc(-c3ccc(=S)[nH]c3OC)[nH]c(=O)c12. The molecule has 0 aliphatic heterocycles. The lowest BCUT2D eigenvalue weighted by Gasteiger charge is -2.11. The predicted molar refractivity (Wildman–Crippen MR) is 109 cm³/mol. The summed E-state index contributed by atoms with van der Waals surface area (Å²) < 4.78 is 7.60. The molecule has 3 aromatic rings. The molecule has 3 heterocycles. The summed E-state index contributed by atoms with van der Waals surface area (Å²) in [6, 6.07) is 3.53. The minimum absolute atomic E-state index is 0.183. The van der Waals surface area contributed by atoms with Crippen molar-refractivity contribution in [3.63, 3.8) is 0 Å². The highest BCUT2D eigenvalue weighted by Gasteiger charge is 2.22. The van der Waals surface area contributed by atoms with Crippen molar-refractivity contribution in [1.82, 2.24) is 24.7 Å². The van der Waals surface area contributed by atoms with Crippen molar-refractivity contribution in [2.75, 3.05) is 7.11 Å². The predicted octanol–water partition coefficient (Wildman–Crippen LogP) is 4.07. The number of hydrogen-bond acceptors (Lipinski definition) is 5. The van der Waals surface area contributed by atoms with E-state index in [-0.39, 0.29) is 11.5 Å². The highest BCUT2D eigenvalue weighted by atomic mass is 32.1. The zero-order chi connectivity index (χ0) is 19.6. The number of aromatic amines is 2. The van der Waals surface area contributed by atoms with Crippen molar-refractivity contribution in [3.05, 3.63) is 32.8 Å². The Balaban J connectivity index is 2.18. The first-order chi connectivity index (χ1) is 13.0. The number of methoxy groups -OCH3 is 1. The minimum atomic E-state index is -0.183. The van der Waals surface area contributed by atoms with Gasteiger partial charge in [-0.05, 0) is 25.0 Å². The summed E-state index contributed by atoms with van der Waals surface area (Å²) in [4.78, 5) is 23.5. The summed E-state index contributed by atoms with van der Waals surface area (Å²) in [5, 5.41) is 5.22. The molecule has 0 bridgehead atoms. The van der Waals surface area contributed by atoms with Crippen LogP contribution in [-0.4, -0.2) is 31.8 Å². The summed E-state index contributed by atoms with van der Waals surface area (Å²) in [6.45, 7) is 4.30. The molecule has 1 atom stereocenters. The standard InChI is InChI=1S/C19H25N5O2S/c1-5-7-8-11(6-2)15-14-17(24(3)23-15)21-16(22-18(14)25)12-9-10-13(27)20-19(12)26-4/h9-11H,5-8H2,1-4H3,(H,20,27)(H,21,22,25). The van der Waals surface area contributed by atoms with Crippen molar-refractivity contribution in [2.24, 2.45) is 7.05 Å². The average molecular weight is 388 g/mol. The van der Waals surface area contributed by atoms with Crippen LogP contribution in [0.2, 0.25) is 0 Å². The van der Waals surface area contributed by atoms with Crippen molar-refractivity contribution >= 4 is 23.3 Å². The van der Waals surface area contributed by atoms with Crippen molar-refractivity contribution in [2.45, 2.75) is 45.4 Å². The fourth-order valence-electron chi connectivity index (χ4n) is 3.39. The quantitative estimate of drug-likeness (QED) is 0.597. The van der Waals surface area contributed by atoms with Crippen LogP contribution in [0.4, 0.5) is 0 Å². The lowest BCUT2D eigenvalue weighted by Crippen LogP contribution is -2.12. The molecule has 7 nitrogen and oxygen atoms in total. The average Bonchev–Trinajstić information content (AvgIpc) is 2.99. The minimum Gasteiger partial charge on any atom is -0.482 e. The summed E-state index contributed by atoms with van der Waals surface area (Å²) in [5.41, 5.74) is 1.87. The van der Waals surface area contributed by atoms with E-state index in [0.717, 1.165) is 31.4 Å². The Morgan fingerprint density at radius 1 is 1.30 bits per heavy atom. The molecule has 2 N–H and O–H groups in total. The molecule has 8 heteroatoms. The van der Waals surface area contributed by atoms with E-state index in [4.69, 9.17) is 17.0 Å². The number of ether oxygens (including phenoxy) is 1. The van der Waals surface area contributed by atoms with Crippen LogP contribution >= 0.6 is 12.2 Å². The van der Waals surface area contributed by atoms with Gasteiger partial charge >= 0.3 is 0 Å². The molecule has 144 valence electrons. The largest absolute Gasteiger partial charge is 0.482 e. The van der Waals surface area contributed by atoms with E-state index >= 15 is 0 Å². The fraction of sp³-hybridized carbons (Fsp3) is 0.474. The summed E-state index contributed by atoms with van der Waals surface area (Å²) in [5.74, 6) is 1.14.